The van der Waals surface area contributed by atoms with Gasteiger partial charge >= 0.3 is 0 Å². The molecule has 0 spiro atoms. The zero-order valence-corrected chi connectivity index (χ0v) is 15.5. The Hall–Kier alpha value is -1.56. The van der Waals surface area contributed by atoms with E-state index in [4.69, 9.17) is 25.8 Å². The highest BCUT2D eigenvalue weighted by Gasteiger charge is 2.41. The van der Waals surface area contributed by atoms with Crippen molar-refractivity contribution in [2.75, 3.05) is 13.2 Å². The second kappa shape index (κ2) is 8.21. The zero-order valence-electron chi connectivity index (χ0n) is 14.7. The third-order valence-electron chi connectivity index (χ3n) is 4.66. The van der Waals surface area contributed by atoms with Crippen LogP contribution in [0.4, 0.5) is 0 Å². The van der Waals surface area contributed by atoms with Crippen LogP contribution in [0.2, 0.25) is 5.02 Å². The Morgan fingerprint density at radius 1 is 1.36 bits per heavy atom. The molecule has 0 saturated carbocycles. The summed E-state index contributed by atoms with van der Waals surface area (Å²) in [5.74, 6) is 0.795. The molecule has 2 aromatic rings. The van der Waals surface area contributed by atoms with Crippen LogP contribution in [0, 0.1) is 5.41 Å². The Balaban J connectivity index is 1.67. The minimum Gasteiger partial charge on any atom is -0.493 e. The Kier molecular flexibility index (Phi) is 5.99. The molecule has 2 heterocycles. The Labute approximate surface area is 153 Å². The van der Waals surface area contributed by atoms with Crippen molar-refractivity contribution in [3.63, 3.8) is 0 Å². The highest BCUT2D eigenvalue weighted by atomic mass is 35.5. The summed E-state index contributed by atoms with van der Waals surface area (Å²) >= 11 is 5.94. The Morgan fingerprint density at radius 2 is 2.16 bits per heavy atom. The highest BCUT2D eigenvalue weighted by molar-refractivity contribution is 6.30. The summed E-state index contributed by atoms with van der Waals surface area (Å²) < 4.78 is 20.2. The van der Waals surface area contributed by atoms with Crippen molar-refractivity contribution >= 4 is 11.6 Å². The monoisotopic (exact) mass is 364 g/mol. The van der Waals surface area contributed by atoms with Crippen LogP contribution in [0.15, 0.2) is 43.0 Å². The number of aryl methyl sites for hydroxylation is 1. The molecule has 1 aromatic heterocycles. The quantitative estimate of drug-likeness (QED) is 0.705. The van der Waals surface area contributed by atoms with E-state index < -0.39 is 0 Å². The van der Waals surface area contributed by atoms with Gasteiger partial charge in [0.2, 0.25) is 0 Å². The molecule has 1 aliphatic heterocycles. The van der Waals surface area contributed by atoms with Gasteiger partial charge in [-0.1, -0.05) is 25.4 Å². The Morgan fingerprint density at radius 3 is 2.80 bits per heavy atom. The summed E-state index contributed by atoms with van der Waals surface area (Å²) in [7, 11) is 0. The number of hydrogen-bond acceptors (Lipinski definition) is 4. The van der Waals surface area contributed by atoms with Crippen molar-refractivity contribution < 1.29 is 14.2 Å². The third kappa shape index (κ3) is 4.75. The molecule has 0 bridgehead atoms. The molecule has 3 unspecified atom stereocenters. The normalized spacial score (nSPS) is 22.7. The van der Waals surface area contributed by atoms with Crippen molar-refractivity contribution in [2.45, 2.75) is 45.6 Å². The number of halogens is 1. The van der Waals surface area contributed by atoms with Gasteiger partial charge in [-0.3, -0.25) is 0 Å². The second-order valence-electron chi connectivity index (χ2n) is 6.78. The number of hydrogen-bond donors (Lipinski definition) is 0. The van der Waals surface area contributed by atoms with Gasteiger partial charge in [-0.05, 0) is 37.1 Å². The molecule has 1 aromatic carbocycles. The van der Waals surface area contributed by atoms with Crippen molar-refractivity contribution in [2.24, 2.45) is 5.41 Å². The summed E-state index contributed by atoms with van der Waals surface area (Å²) in [4.78, 5) is 4.10. The van der Waals surface area contributed by atoms with Gasteiger partial charge in [0.05, 0.1) is 31.1 Å². The maximum Gasteiger partial charge on any atom is 0.166 e. The standard InChI is InChI=1S/C19H25ClN2O3/c1-3-16-12-23-18(25-16)19(2,8-10-22-11-9-21-14-22)13-24-17-6-4-15(20)5-7-17/h4-7,9,11,14,16,18H,3,8,10,12-13H2,1-2H3. The van der Waals surface area contributed by atoms with Crippen LogP contribution in [-0.2, 0) is 16.0 Å². The maximum absolute atomic E-state index is 6.10. The topological polar surface area (TPSA) is 45.5 Å². The fourth-order valence-electron chi connectivity index (χ4n) is 2.87. The molecular formula is C19H25ClN2O3. The average Bonchev–Trinajstić information content (AvgIpc) is 3.31. The first-order valence-electron chi connectivity index (χ1n) is 8.70. The summed E-state index contributed by atoms with van der Waals surface area (Å²) in [5.41, 5.74) is -0.270. The average molecular weight is 365 g/mol. The minimum atomic E-state index is -0.270. The Bertz CT molecular complexity index is 647. The molecule has 0 radical (unpaired) electrons. The lowest BCUT2D eigenvalue weighted by atomic mass is 9.86. The summed E-state index contributed by atoms with van der Waals surface area (Å²) in [6.07, 6.45) is 7.28. The lowest BCUT2D eigenvalue weighted by Crippen LogP contribution is -2.40. The third-order valence-corrected chi connectivity index (χ3v) is 4.91. The van der Waals surface area contributed by atoms with Crippen LogP contribution in [0.5, 0.6) is 5.75 Å². The van der Waals surface area contributed by atoms with Gasteiger partial charge in [0, 0.05) is 24.0 Å². The number of aromatic nitrogens is 2. The molecule has 0 N–H and O–H groups in total. The van der Waals surface area contributed by atoms with Crippen molar-refractivity contribution in [1.29, 1.82) is 0 Å². The van der Waals surface area contributed by atoms with Gasteiger partial charge in [0.1, 0.15) is 5.75 Å². The van der Waals surface area contributed by atoms with Crippen LogP contribution in [-0.4, -0.2) is 35.2 Å². The van der Waals surface area contributed by atoms with Gasteiger partial charge in [-0.15, -0.1) is 0 Å². The fourth-order valence-corrected chi connectivity index (χ4v) is 2.99. The second-order valence-corrected chi connectivity index (χ2v) is 7.22. The van der Waals surface area contributed by atoms with E-state index in [1.807, 2.05) is 36.8 Å². The molecule has 0 aliphatic carbocycles. The summed E-state index contributed by atoms with van der Waals surface area (Å²) in [6, 6.07) is 7.42. The van der Waals surface area contributed by atoms with E-state index in [2.05, 4.69) is 23.4 Å². The smallest absolute Gasteiger partial charge is 0.166 e. The summed E-state index contributed by atoms with van der Waals surface area (Å²) in [5, 5.41) is 0.698. The van der Waals surface area contributed by atoms with Crippen LogP contribution in [0.25, 0.3) is 0 Å². The number of benzene rings is 1. The first-order chi connectivity index (χ1) is 12.1. The number of imidazole rings is 1. The van der Waals surface area contributed by atoms with E-state index in [1.165, 1.54) is 0 Å². The van der Waals surface area contributed by atoms with Crippen LogP contribution >= 0.6 is 11.6 Å². The van der Waals surface area contributed by atoms with E-state index in [-0.39, 0.29) is 17.8 Å². The first-order valence-corrected chi connectivity index (χ1v) is 9.08. The van der Waals surface area contributed by atoms with Crippen molar-refractivity contribution in [1.82, 2.24) is 9.55 Å². The van der Waals surface area contributed by atoms with E-state index in [0.717, 1.165) is 25.1 Å². The van der Waals surface area contributed by atoms with E-state index in [0.29, 0.717) is 18.2 Å². The molecule has 3 rings (SSSR count). The van der Waals surface area contributed by atoms with Crippen LogP contribution < -0.4 is 4.74 Å². The van der Waals surface area contributed by atoms with Crippen LogP contribution in [0.1, 0.15) is 26.7 Å². The highest BCUT2D eigenvalue weighted by Crippen LogP contribution is 2.35. The number of rotatable bonds is 8. The first kappa shape index (κ1) is 18.2. The van der Waals surface area contributed by atoms with Crippen LogP contribution in [0.3, 0.4) is 0 Å². The van der Waals surface area contributed by atoms with E-state index >= 15 is 0 Å². The molecule has 1 fully saturated rings. The molecule has 3 atom stereocenters. The van der Waals surface area contributed by atoms with Gasteiger partial charge < -0.3 is 18.8 Å². The molecule has 5 nitrogen and oxygen atoms in total. The summed E-state index contributed by atoms with van der Waals surface area (Å²) in [6.45, 7) is 6.25. The lowest BCUT2D eigenvalue weighted by Gasteiger charge is -2.34. The molecule has 1 aliphatic rings. The number of nitrogens with zero attached hydrogens (tertiary/aromatic N) is 2. The minimum absolute atomic E-state index is 0.160. The molecular weight excluding hydrogens is 340 g/mol. The molecule has 136 valence electrons. The molecule has 6 heteroatoms. The van der Waals surface area contributed by atoms with Crippen molar-refractivity contribution in [3.8, 4) is 5.75 Å². The van der Waals surface area contributed by atoms with Crippen molar-refractivity contribution in [3.05, 3.63) is 48.0 Å². The van der Waals surface area contributed by atoms with Gasteiger partial charge in [-0.2, -0.15) is 0 Å². The SMILES string of the molecule is CCC1COC(C(C)(CCn2ccnc2)COc2ccc(Cl)cc2)O1. The number of ether oxygens (including phenoxy) is 3. The van der Waals surface area contributed by atoms with Gasteiger partial charge in [-0.25, -0.2) is 4.98 Å². The largest absolute Gasteiger partial charge is 0.493 e. The fraction of sp³-hybridized carbons (Fsp3) is 0.526. The molecule has 0 amide bonds. The molecule has 25 heavy (non-hydrogen) atoms. The van der Waals surface area contributed by atoms with Gasteiger partial charge in [0.15, 0.2) is 6.29 Å². The molecule has 1 saturated heterocycles. The maximum atomic E-state index is 6.10. The zero-order chi connectivity index (χ0) is 17.7. The predicted octanol–water partition coefficient (Wildman–Crippen LogP) is 4.16. The lowest BCUT2D eigenvalue weighted by molar-refractivity contribution is -0.152. The van der Waals surface area contributed by atoms with Gasteiger partial charge in [0.25, 0.3) is 0 Å². The van der Waals surface area contributed by atoms with E-state index in [9.17, 15) is 0 Å². The van der Waals surface area contributed by atoms with E-state index in [1.54, 1.807) is 6.20 Å². The predicted molar refractivity (Wildman–Crippen MR) is 96.8 cm³/mol.